The highest BCUT2D eigenvalue weighted by Gasteiger charge is 2.29. The number of aliphatic imine (C=N–C) groups is 2. The molecule has 3 aliphatic rings. The normalized spacial score (nSPS) is 29.7. The summed E-state index contributed by atoms with van der Waals surface area (Å²) in [7, 11) is 0. The molecule has 0 N–H and O–H groups in total. The first kappa shape index (κ1) is 17.1. The van der Waals surface area contributed by atoms with Gasteiger partial charge in [-0.1, -0.05) is 19.3 Å². The molecule has 0 aromatic carbocycles. The molecule has 2 unspecified atom stereocenters. The Bertz CT molecular complexity index is 413. The Morgan fingerprint density at radius 2 is 1.83 bits per heavy atom. The number of ether oxygens (including phenoxy) is 2. The van der Waals surface area contributed by atoms with Gasteiger partial charge >= 0.3 is 0 Å². The van der Waals surface area contributed by atoms with Crippen LogP contribution in [0, 0.1) is 0 Å². The molecule has 130 valence electrons. The molecule has 23 heavy (non-hydrogen) atoms. The third-order valence-electron chi connectivity index (χ3n) is 5.12. The zero-order valence-corrected chi connectivity index (χ0v) is 14.3. The van der Waals surface area contributed by atoms with Crippen molar-refractivity contribution < 1.29 is 9.47 Å². The van der Waals surface area contributed by atoms with E-state index in [-0.39, 0.29) is 12.4 Å². The SMILES string of the molecule is CC(N=C=NC1CCCCC1)N1CCOC(N2CCOCC2)C1. The molecule has 2 atom stereocenters. The minimum atomic E-state index is 0.120. The summed E-state index contributed by atoms with van der Waals surface area (Å²) in [6.07, 6.45) is 6.65. The van der Waals surface area contributed by atoms with Crippen molar-refractivity contribution in [2.45, 2.75) is 57.5 Å². The van der Waals surface area contributed by atoms with Gasteiger partial charge in [0.25, 0.3) is 0 Å². The maximum atomic E-state index is 5.94. The maximum absolute atomic E-state index is 5.94. The van der Waals surface area contributed by atoms with E-state index in [2.05, 4.69) is 32.7 Å². The lowest BCUT2D eigenvalue weighted by molar-refractivity contribution is -0.139. The highest BCUT2D eigenvalue weighted by molar-refractivity contribution is 5.42. The number of morpholine rings is 2. The average Bonchev–Trinajstić information content (AvgIpc) is 2.63. The number of hydrogen-bond donors (Lipinski definition) is 0. The van der Waals surface area contributed by atoms with Gasteiger partial charge in [-0.25, -0.2) is 9.98 Å². The fourth-order valence-electron chi connectivity index (χ4n) is 3.57. The quantitative estimate of drug-likeness (QED) is 0.741. The molecule has 2 saturated heterocycles. The van der Waals surface area contributed by atoms with Crippen molar-refractivity contribution in [1.29, 1.82) is 0 Å². The molecule has 3 rings (SSSR count). The summed E-state index contributed by atoms with van der Waals surface area (Å²) in [4.78, 5) is 13.8. The molecule has 0 radical (unpaired) electrons. The van der Waals surface area contributed by atoms with Gasteiger partial charge in [-0.15, -0.1) is 0 Å². The number of rotatable bonds is 4. The topological polar surface area (TPSA) is 49.7 Å². The monoisotopic (exact) mass is 322 g/mol. The smallest absolute Gasteiger partial charge is 0.123 e. The summed E-state index contributed by atoms with van der Waals surface area (Å²) in [6.45, 7) is 8.25. The summed E-state index contributed by atoms with van der Waals surface area (Å²) in [6, 6.07) is 3.43. The van der Waals surface area contributed by atoms with Crippen molar-refractivity contribution in [1.82, 2.24) is 9.80 Å². The fourth-order valence-corrected chi connectivity index (χ4v) is 3.57. The van der Waals surface area contributed by atoms with Crippen LogP contribution in [0.1, 0.15) is 39.0 Å². The second-order valence-corrected chi connectivity index (χ2v) is 6.75. The van der Waals surface area contributed by atoms with Crippen LogP contribution >= 0.6 is 0 Å². The van der Waals surface area contributed by atoms with E-state index in [0.29, 0.717) is 6.04 Å². The van der Waals surface area contributed by atoms with Crippen LogP contribution in [0.4, 0.5) is 0 Å². The van der Waals surface area contributed by atoms with Gasteiger partial charge in [-0.05, 0) is 19.8 Å². The van der Waals surface area contributed by atoms with Crippen molar-refractivity contribution >= 4 is 6.01 Å². The summed E-state index contributed by atoms with van der Waals surface area (Å²) in [5.41, 5.74) is 0. The van der Waals surface area contributed by atoms with E-state index >= 15 is 0 Å². The Morgan fingerprint density at radius 3 is 2.61 bits per heavy atom. The van der Waals surface area contributed by atoms with E-state index < -0.39 is 0 Å². The Kier molecular flexibility index (Phi) is 6.60. The maximum Gasteiger partial charge on any atom is 0.123 e. The van der Waals surface area contributed by atoms with Crippen LogP contribution in [0.25, 0.3) is 0 Å². The van der Waals surface area contributed by atoms with Crippen molar-refractivity contribution in [2.75, 3.05) is 46.0 Å². The largest absolute Gasteiger partial charge is 0.379 e. The minimum absolute atomic E-state index is 0.120. The molecular weight excluding hydrogens is 292 g/mol. The van der Waals surface area contributed by atoms with E-state index in [4.69, 9.17) is 9.47 Å². The molecule has 2 heterocycles. The van der Waals surface area contributed by atoms with Crippen LogP contribution in [-0.4, -0.2) is 80.2 Å². The zero-order chi connectivity index (χ0) is 15.9. The molecule has 2 aliphatic heterocycles. The van der Waals surface area contributed by atoms with Crippen molar-refractivity contribution in [3.8, 4) is 0 Å². The van der Waals surface area contributed by atoms with Gasteiger partial charge in [0.2, 0.25) is 0 Å². The molecule has 6 nitrogen and oxygen atoms in total. The van der Waals surface area contributed by atoms with Crippen LogP contribution in [0.5, 0.6) is 0 Å². The zero-order valence-electron chi connectivity index (χ0n) is 14.3. The van der Waals surface area contributed by atoms with Crippen LogP contribution < -0.4 is 0 Å². The third kappa shape index (κ3) is 5.10. The molecule has 3 fully saturated rings. The number of nitrogens with zero attached hydrogens (tertiary/aromatic N) is 4. The first-order chi connectivity index (χ1) is 11.3. The molecule has 0 aromatic rings. The predicted octanol–water partition coefficient (Wildman–Crippen LogP) is 1.83. The predicted molar refractivity (Wildman–Crippen MR) is 89.9 cm³/mol. The lowest BCUT2D eigenvalue weighted by atomic mass is 9.96. The van der Waals surface area contributed by atoms with E-state index in [9.17, 15) is 0 Å². The Labute approximate surface area is 139 Å². The summed E-state index contributed by atoms with van der Waals surface area (Å²) in [5.74, 6) is 0. The third-order valence-corrected chi connectivity index (χ3v) is 5.12. The Hall–Kier alpha value is -0.780. The van der Waals surface area contributed by atoms with Crippen molar-refractivity contribution in [3.05, 3.63) is 0 Å². The van der Waals surface area contributed by atoms with Gasteiger partial charge in [0.15, 0.2) is 0 Å². The summed E-state index contributed by atoms with van der Waals surface area (Å²) in [5, 5.41) is 0. The second-order valence-electron chi connectivity index (χ2n) is 6.75. The highest BCUT2D eigenvalue weighted by Crippen LogP contribution is 2.19. The lowest BCUT2D eigenvalue weighted by Crippen LogP contribution is -2.55. The molecule has 1 aliphatic carbocycles. The molecule has 0 bridgehead atoms. The Balaban J connectivity index is 1.49. The van der Waals surface area contributed by atoms with Crippen molar-refractivity contribution in [3.63, 3.8) is 0 Å². The minimum Gasteiger partial charge on any atom is -0.379 e. The second kappa shape index (κ2) is 8.90. The molecular formula is C17H30N4O2. The first-order valence-electron chi connectivity index (χ1n) is 9.15. The van der Waals surface area contributed by atoms with Gasteiger partial charge in [-0.2, -0.15) is 0 Å². The molecule has 0 spiro atoms. The van der Waals surface area contributed by atoms with E-state index in [1.807, 2.05) is 0 Å². The van der Waals surface area contributed by atoms with Gasteiger partial charge in [0.05, 0.1) is 31.9 Å². The lowest BCUT2D eigenvalue weighted by Gasteiger charge is -2.41. The van der Waals surface area contributed by atoms with Gasteiger partial charge in [0, 0.05) is 26.2 Å². The summed E-state index contributed by atoms with van der Waals surface area (Å²) < 4.78 is 11.4. The first-order valence-corrected chi connectivity index (χ1v) is 9.15. The highest BCUT2D eigenvalue weighted by atomic mass is 16.5. The van der Waals surface area contributed by atoms with E-state index in [1.165, 1.54) is 32.1 Å². The number of hydrogen-bond acceptors (Lipinski definition) is 6. The van der Waals surface area contributed by atoms with Gasteiger partial charge < -0.3 is 9.47 Å². The van der Waals surface area contributed by atoms with E-state index in [1.54, 1.807) is 0 Å². The van der Waals surface area contributed by atoms with Crippen LogP contribution in [0.15, 0.2) is 9.98 Å². The van der Waals surface area contributed by atoms with Crippen LogP contribution in [0.3, 0.4) is 0 Å². The molecule has 1 saturated carbocycles. The standard InChI is InChI=1S/C17H30N4O2/c1-15(18-14-19-16-5-3-2-4-6-16)21-9-12-23-17(13-21)20-7-10-22-11-8-20/h15-17H,2-13H2,1H3. The average molecular weight is 322 g/mol. The molecule has 6 heteroatoms. The van der Waals surface area contributed by atoms with Crippen LogP contribution in [-0.2, 0) is 9.47 Å². The molecule has 0 aromatic heterocycles. The summed E-state index contributed by atoms with van der Waals surface area (Å²) >= 11 is 0. The van der Waals surface area contributed by atoms with Gasteiger partial charge in [-0.3, -0.25) is 9.80 Å². The van der Waals surface area contributed by atoms with Crippen molar-refractivity contribution in [2.24, 2.45) is 9.98 Å². The fraction of sp³-hybridized carbons (Fsp3) is 0.941. The van der Waals surface area contributed by atoms with E-state index in [0.717, 1.165) is 46.0 Å². The molecule has 0 amide bonds. The van der Waals surface area contributed by atoms with Gasteiger partial charge in [0.1, 0.15) is 12.4 Å². The Morgan fingerprint density at radius 1 is 1.04 bits per heavy atom. The van der Waals surface area contributed by atoms with Crippen LogP contribution in [0.2, 0.25) is 0 Å².